The Morgan fingerprint density at radius 2 is 1.95 bits per heavy atom. The first kappa shape index (κ1) is 16.3. The Balaban J connectivity index is 2.45. The molecule has 0 radical (unpaired) electrons. The first-order chi connectivity index (χ1) is 9.15. The number of nitrogens with one attached hydrogen (secondary N) is 2. The van der Waals surface area contributed by atoms with Crippen molar-refractivity contribution in [3.63, 3.8) is 0 Å². The van der Waals surface area contributed by atoms with Crippen molar-refractivity contribution in [1.82, 2.24) is 10.6 Å². The number of halogens is 1. The number of anilines is 1. The van der Waals surface area contributed by atoms with Gasteiger partial charge >= 0.3 is 6.03 Å². The highest BCUT2D eigenvalue weighted by molar-refractivity contribution is 8.00. The van der Waals surface area contributed by atoms with Gasteiger partial charge in [-0.25, -0.2) is 9.18 Å². The molecule has 1 aromatic carbocycles. The second-order valence-electron chi connectivity index (χ2n) is 5.26. The lowest BCUT2D eigenvalue weighted by atomic mass is 10.1. The molecule has 7 heteroatoms. The second kappa shape index (κ2) is 6.60. The summed E-state index contributed by atoms with van der Waals surface area (Å²) in [5, 5.41) is 4.81. The molecule has 0 aliphatic rings. The van der Waals surface area contributed by atoms with Crippen molar-refractivity contribution in [3.8, 4) is 0 Å². The molecule has 0 aliphatic carbocycles. The molecule has 0 aromatic heterocycles. The molecule has 20 heavy (non-hydrogen) atoms. The lowest BCUT2D eigenvalue weighted by Crippen LogP contribution is -2.48. The highest BCUT2D eigenvalue weighted by atomic mass is 32.2. The van der Waals surface area contributed by atoms with Gasteiger partial charge < -0.3 is 11.1 Å². The number of urea groups is 1. The normalized spacial score (nSPS) is 11.0. The van der Waals surface area contributed by atoms with Crippen LogP contribution in [0.2, 0.25) is 0 Å². The molecule has 1 rings (SSSR count). The van der Waals surface area contributed by atoms with Crippen LogP contribution in [0.4, 0.5) is 14.9 Å². The van der Waals surface area contributed by atoms with E-state index in [9.17, 15) is 14.0 Å². The molecular weight excluding hydrogens is 281 g/mol. The number of thioether (sulfide) groups is 1. The van der Waals surface area contributed by atoms with Crippen LogP contribution in [0.5, 0.6) is 0 Å². The molecule has 0 heterocycles. The predicted molar refractivity (Wildman–Crippen MR) is 78.0 cm³/mol. The summed E-state index contributed by atoms with van der Waals surface area (Å²) in [6, 6.07) is 3.49. The van der Waals surface area contributed by atoms with Crippen LogP contribution in [0.15, 0.2) is 23.1 Å². The molecule has 0 bridgehead atoms. The molecule has 5 nitrogen and oxygen atoms in total. The molecule has 1 aromatic rings. The number of hydrogen-bond acceptors (Lipinski definition) is 4. The van der Waals surface area contributed by atoms with Crippen LogP contribution in [0, 0.1) is 5.82 Å². The Kier molecular flexibility index (Phi) is 5.38. The van der Waals surface area contributed by atoms with Crippen molar-refractivity contribution in [1.29, 1.82) is 0 Å². The molecule has 0 unspecified atom stereocenters. The monoisotopic (exact) mass is 299 g/mol. The standard InChI is InChI=1S/C13H18FN3O2S/c1-13(2,3)17-12(19)16-11(18)7-20-10-5-8(14)4-9(15)6-10/h4-6H,7,15H2,1-3H3,(H2,16,17,18,19). The molecule has 3 amide bonds. The van der Waals surface area contributed by atoms with E-state index in [4.69, 9.17) is 5.73 Å². The van der Waals surface area contributed by atoms with Gasteiger partial charge in [0.15, 0.2) is 0 Å². The van der Waals surface area contributed by atoms with Crippen molar-refractivity contribution in [2.24, 2.45) is 0 Å². The zero-order valence-corrected chi connectivity index (χ0v) is 12.4. The maximum atomic E-state index is 13.1. The molecule has 0 atom stereocenters. The number of benzene rings is 1. The number of amides is 3. The van der Waals surface area contributed by atoms with E-state index < -0.39 is 23.3 Å². The van der Waals surface area contributed by atoms with Gasteiger partial charge in [-0.05, 0) is 39.0 Å². The molecule has 0 saturated heterocycles. The molecule has 0 fully saturated rings. The smallest absolute Gasteiger partial charge is 0.321 e. The summed E-state index contributed by atoms with van der Waals surface area (Å²) in [6.07, 6.45) is 0. The molecular formula is C13H18FN3O2S. The highest BCUT2D eigenvalue weighted by Gasteiger charge is 2.15. The topological polar surface area (TPSA) is 84.2 Å². The molecule has 0 spiro atoms. The van der Waals surface area contributed by atoms with Gasteiger partial charge in [-0.2, -0.15) is 0 Å². The van der Waals surface area contributed by atoms with Gasteiger partial charge in [0, 0.05) is 16.1 Å². The third kappa shape index (κ3) is 6.42. The summed E-state index contributed by atoms with van der Waals surface area (Å²) in [4.78, 5) is 23.6. The van der Waals surface area contributed by atoms with Crippen molar-refractivity contribution in [2.75, 3.05) is 11.5 Å². The van der Waals surface area contributed by atoms with Gasteiger partial charge in [-0.3, -0.25) is 10.1 Å². The van der Waals surface area contributed by atoms with Gasteiger partial charge in [-0.1, -0.05) is 0 Å². The van der Waals surface area contributed by atoms with Crippen LogP contribution in [0.1, 0.15) is 20.8 Å². The minimum atomic E-state index is -0.554. The molecule has 4 N–H and O–H groups in total. The summed E-state index contributed by atoms with van der Waals surface area (Å²) >= 11 is 1.10. The number of nitrogen functional groups attached to an aromatic ring is 1. The average Bonchev–Trinajstić information content (AvgIpc) is 2.22. The van der Waals surface area contributed by atoms with Gasteiger partial charge in [0.1, 0.15) is 5.82 Å². The van der Waals surface area contributed by atoms with E-state index in [0.29, 0.717) is 10.6 Å². The fourth-order valence-electron chi connectivity index (χ4n) is 1.35. The fourth-order valence-corrected chi connectivity index (χ4v) is 2.14. The van der Waals surface area contributed by atoms with Crippen LogP contribution in [-0.4, -0.2) is 23.2 Å². The Morgan fingerprint density at radius 1 is 1.30 bits per heavy atom. The maximum absolute atomic E-state index is 13.1. The van der Waals surface area contributed by atoms with Crippen LogP contribution in [0.25, 0.3) is 0 Å². The van der Waals surface area contributed by atoms with E-state index in [1.807, 2.05) is 0 Å². The van der Waals surface area contributed by atoms with Gasteiger partial charge in [0.2, 0.25) is 5.91 Å². The number of nitrogens with two attached hydrogens (primary N) is 1. The summed E-state index contributed by atoms with van der Waals surface area (Å²) in [7, 11) is 0. The lowest BCUT2D eigenvalue weighted by Gasteiger charge is -2.20. The first-order valence-corrected chi connectivity index (χ1v) is 6.95. The Morgan fingerprint density at radius 3 is 2.50 bits per heavy atom. The predicted octanol–water partition coefficient (Wildman–Crippen LogP) is 2.12. The van der Waals surface area contributed by atoms with Crippen LogP contribution >= 0.6 is 11.8 Å². The molecule has 0 aliphatic heterocycles. The Hall–Kier alpha value is -1.76. The van der Waals surface area contributed by atoms with Crippen LogP contribution in [-0.2, 0) is 4.79 Å². The molecule has 0 saturated carbocycles. The van der Waals surface area contributed by atoms with E-state index in [1.54, 1.807) is 26.8 Å². The largest absolute Gasteiger partial charge is 0.399 e. The van der Waals surface area contributed by atoms with Crippen molar-refractivity contribution in [2.45, 2.75) is 31.2 Å². The van der Waals surface area contributed by atoms with Crippen molar-refractivity contribution in [3.05, 3.63) is 24.0 Å². The average molecular weight is 299 g/mol. The highest BCUT2D eigenvalue weighted by Crippen LogP contribution is 2.21. The first-order valence-electron chi connectivity index (χ1n) is 5.96. The second-order valence-corrected chi connectivity index (χ2v) is 6.31. The maximum Gasteiger partial charge on any atom is 0.321 e. The summed E-state index contributed by atoms with van der Waals surface area (Å²) in [6.45, 7) is 5.42. The Bertz CT molecular complexity index is 495. The van der Waals surface area contributed by atoms with Crippen LogP contribution < -0.4 is 16.4 Å². The van der Waals surface area contributed by atoms with E-state index in [1.165, 1.54) is 12.1 Å². The minimum absolute atomic E-state index is 0.000453. The third-order valence-electron chi connectivity index (χ3n) is 2.01. The summed E-state index contributed by atoms with van der Waals surface area (Å²) in [5.41, 5.74) is 5.37. The number of carbonyl (C=O) groups excluding carboxylic acids is 2. The number of rotatable bonds is 3. The van der Waals surface area contributed by atoms with Gasteiger partial charge in [0.05, 0.1) is 5.75 Å². The SMILES string of the molecule is CC(C)(C)NC(=O)NC(=O)CSc1cc(N)cc(F)c1. The minimum Gasteiger partial charge on any atom is -0.399 e. The number of imide groups is 1. The van der Waals surface area contributed by atoms with E-state index in [2.05, 4.69) is 10.6 Å². The van der Waals surface area contributed by atoms with E-state index in [-0.39, 0.29) is 5.75 Å². The number of carbonyl (C=O) groups is 2. The zero-order valence-electron chi connectivity index (χ0n) is 11.6. The van der Waals surface area contributed by atoms with Gasteiger partial charge in [-0.15, -0.1) is 11.8 Å². The lowest BCUT2D eigenvalue weighted by molar-refractivity contribution is -0.117. The third-order valence-corrected chi connectivity index (χ3v) is 2.98. The summed E-state index contributed by atoms with van der Waals surface area (Å²) in [5.74, 6) is -0.918. The zero-order chi connectivity index (χ0) is 15.3. The van der Waals surface area contributed by atoms with Crippen LogP contribution in [0.3, 0.4) is 0 Å². The van der Waals surface area contributed by atoms with E-state index in [0.717, 1.165) is 11.8 Å². The van der Waals surface area contributed by atoms with Crippen molar-refractivity contribution >= 4 is 29.4 Å². The summed E-state index contributed by atoms with van der Waals surface area (Å²) < 4.78 is 13.1. The molecule has 110 valence electrons. The quantitative estimate of drug-likeness (QED) is 0.589. The Labute approximate surface area is 121 Å². The number of hydrogen-bond donors (Lipinski definition) is 3. The van der Waals surface area contributed by atoms with Crippen molar-refractivity contribution < 1.29 is 14.0 Å². The van der Waals surface area contributed by atoms with E-state index >= 15 is 0 Å². The van der Waals surface area contributed by atoms with Gasteiger partial charge in [0.25, 0.3) is 0 Å². The fraction of sp³-hybridized carbons (Fsp3) is 0.385.